The molecule has 0 bridgehead atoms. The molecular weight excluding hydrogens is 232 g/mol. The van der Waals surface area contributed by atoms with Crippen molar-refractivity contribution in [3.8, 4) is 0 Å². The highest BCUT2D eigenvalue weighted by Crippen LogP contribution is 2.23. The molecule has 0 aromatic heterocycles. The highest BCUT2D eigenvalue weighted by Gasteiger charge is 2.36. The lowest BCUT2D eigenvalue weighted by Crippen LogP contribution is -2.44. The summed E-state index contributed by atoms with van der Waals surface area (Å²) in [6, 6.07) is 2.08. The summed E-state index contributed by atoms with van der Waals surface area (Å²) in [7, 11) is -1.96. The molecule has 3 N–H and O–H groups in total. The smallest absolute Gasteiger partial charge is 0.338 e. The van der Waals surface area contributed by atoms with E-state index in [4.69, 9.17) is 14.6 Å². The van der Waals surface area contributed by atoms with E-state index in [9.17, 15) is 0 Å². The molecule has 0 heterocycles. The molecule has 104 valence electrons. The van der Waals surface area contributed by atoms with Gasteiger partial charge >= 0.3 is 8.56 Å². The zero-order valence-corrected chi connectivity index (χ0v) is 12.9. The zero-order chi connectivity index (χ0) is 13.1. The fourth-order valence-electron chi connectivity index (χ4n) is 2.09. The van der Waals surface area contributed by atoms with Crippen molar-refractivity contribution in [2.24, 2.45) is 11.7 Å². The van der Waals surface area contributed by atoms with Crippen molar-refractivity contribution in [3.05, 3.63) is 0 Å². The lowest BCUT2D eigenvalue weighted by Gasteiger charge is -2.31. The lowest BCUT2D eigenvalue weighted by molar-refractivity contribution is 0.178. The van der Waals surface area contributed by atoms with Crippen molar-refractivity contribution < 1.29 is 8.85 Å². The van der Waals surface area contributed by atoms with Gasteiger partial charge in [0.1, 0.15) is 0 Å². The van der Waals surface area contributed by atoms with Gasteiger partial charge in [-0.2, -0.15) is 0 Å². The lowest BCUT2D eigenvalue weighted by atomic mass is 10.2. The van der Waals surface area contributed by atoms with Gasteiger partial charge in [0.25, 0.3) is 0 Å². The van der Waals surface area contributed by atoms with Crippen molar-refractivity contribution in [1.82, 2.24) is 5.32 Å². The number of hydrogen-bond acceptors (Lipinski definition) is 4. The number of hydrogen-bond donors (Lipinski definition) is 2. The molecule has 0 fully saturated rings. The number of nitrogens with one attached hydrogen (secondary N) is 1. The highest BCUT2D eigenvalue weighted by atomic mass is 28.4. The quantitative estimate of drug-likeness (QED) is 0.440. The van der Waals surface area contributed by atoms with Crippen molar-refractivity contribution in [1.29, 1.82) is 0 Å². The first-order valence-corrected chi connectivity index (χ1v) is 9.05. The maximum atomic E-state index is 5.96. The van der Waals surface area contributed by atoms with E-state index in [2.05, 4.69) is 19.2 Å². The Kier molecular flexibility index (Phi) is 10.1. The minimum absolute atomic E-state index is 0.575. The Morgan fingerprint density at radius 1 is 1.18 bits per heavy atom. The Morgan fingerprint density at radius 3 is 2.18 bits per heavy atom. The molecule has 0 rings (SSSR count). The largest absolute Gasteiger partial charge is 0.394 e. The van der Waals surface area contributed by atoms with Crippen LogP contribution in [0.15, 0.2) is 0 Å². The Labute approximate surface area is 107 Å². The second kappa shape index (κ2) is 10.0. The summed E-state index contributed by atoms with van der Waals surface area (Å²) in [5.41, 5.74) is 5.46. The van der Waals surface area contributed by atoms with Gasteiger partial charge in [0, 0.05) is 26.3 Å². The van der Waals surface area contributed by atoms with Gasteiger partial charge in [-0.05, 0) is 38.4 Å². The minimum Gasteiger partial charge on any atom is -0.394 e. The molecule has 1 atom stereocenters. The SMILES string of the molecule is CCO[Si](CC)(CC(C)CNCCN)OCC. The third-order valence-corrected chi connectivity index (χ3v) is 6.85. The summed E-state index contributed by atoms with van der Waals surface area (Å²) in [5, 5.41) is 3.35. The van der Waals surface area contributed by atoms with Crippen LogP contribution < -0.4 is 11.1 Å². The molecule has 0 spiro atoms. The molecule has 0 radical (unpaired) electrons. The molecule has 4 nitrogen and oxygen atoms in total. The second-order valence-corrected chi connectivity index (χ2v) is 7.95. The summed E-state index contributed by atoms with van der Waals surface area (Å²) in [6.45, 7) is 12.6. The third kappa shape index (κ3) is 7.16. The van der Waals surface area contributed by atoms with Crippen LogP contribution in [0, 0.1) is 5.92 Å². The molecule has 0 saturated carbocycles. The third-order valence-electron chi connectivity index (χ3n) is 2.83. The van der Waals surface area contributed by atoms with Gasteiger partial charge in [0.2, 0.25) is 0 Å². The van der Waals surface area contributed by atoms with Crippen LogP contribution in [0.2, 0.25) is 12.1 Å². The second-order valence-electron chi connectivity index (χ2n) is 4.43. The number of nitrogens with two attached hydrogens (primary N) is 1. The Bertz CT molecular complexity index is 176. The molecule has 0 aliphatic heterocycles. The van der Waals surface area contributed by atoms with Crippen LogP contribution in [0.4, 0.5) is 0 Å². The Balaban J connectivity index is 4.19. The first kappa shape index (κ1) is 17.1. The highest BCUT2D eigenvalue weighted by molar-refractivity contribution is 6.67. The molecule has 17 heavy (non-hydrogen) atoms. The number of rotatable bonds is 11. The minimum atomic E-state index is -1.96. The molecule has 0 aliphatic carbocycles. The van der Waals surface area contributed by atoms with Crippen molar-refractivity contribution in [2.45, 2.75) is 39.8 Å². The van der Waals surface area contributed by atoms with E-state index >= 15 is 0 Å². The van der Waals surface area contributed by atoms with E-state index in [1.807, 2.05) is 13.8 Å². The van der Waals surface area contributed by atoms with Gasteiger partial charge in [0.15, 0.2) is 0 Å². The molecule has 0 amide bonds. The van der Waals surface area contributed by atoms with E-state index in [0.717, 1.165) is 38.4 Å². The van der Waals surface area contributed by atoms with Gasteiger partial charge in [-0.1, -0.05) is 13.8 Å². The van der Waals surface area contributed by atoms with Crippen LogP contribution in [0.5, 0.6) is 0 Å². The molecule has 0 aromatic rings. The van der Waals surface area contributed by atoms with Gasteiger partial charge in [-0.25, -0.2) is 0 Å². The van der Waals surface area contributed by atoms with Crippen LogP contribution >= 0.6 is 0 Å². The van der Waals surface area contributed by atoms with E-state index in [1.54, 1.807) is 0 Å². The van der Waals surface area contributed by atoms with E-state index in [1.165, 1.54) is 0 Å². The topological polar surface area (TPSA) is 56.5 Å². The zero-order valence-electron chi connectivity index (χ0n) is 11.9. The molecule has 0 aromatic carbocycles. The first-order valence-electron chi connectivity index (χ1n) is 6.82. The molecule has 1 unspecified atom stereocenters. The predicted molar refractivity (Wildman–Crippen MR) is 75.4 cm³/mol. The molecule has 0 saturated heterocycles. The van der Waals surface area contributed by atoms with Crippen molar-refractivity contribution >= 4 is 8.56 Å². The summed E-state index contributed by atoms with van der Waals surface area (Å²) in [6.07, 6.45) is 0. The monoisotopic (exact) mass is 262 g/mol. The van der Waals surface area contributed by atoms with Crippen LogP contribution in [0.1, 0.15) is 27.7 Å². The van der Waals surface area contributed by atoms with E-state index in [0.29, 0.717) is 12.5 Å². The standard InChI is InChI=1S/C12H30N2O2Si/c1-5-15-17(7-3,16-6-2)11-12(4)10-14-9-8-13/h12,14H,5-11,13H2,1-4H3. The Morgan fingerprint density at radius 2 is 1.76 bits per heavy atom. The van der Waals surface area contributed by atoms with Gasteiger partial charge in [-0.3, -0.25) is 0 Å². The van der Waals surface area contributed by atoms with Gasteiger partial charge in [-0.15, -0.1) is 0 Å². The molecule has 0 aliphatic rings. The van der Waals surface area contributed by atoms with Crippen LogP contribution in [0.25, 0.3) is 0 Å². The summed E-state index contributed by atoms with van der Waals surface area (Å²) in [4.78, 5) is 0. The summed E-state index contributed by atoms with van der Waals surface area (Å²) >= 11 is 0. The van der Waals surface area contributed by atoms with E-state index in [-0.39, 0.29) is 0 Å². The summed E-state index contributed by atoms with van der Waals surface area (Å²) < 4.78 is 11.9. The van der Waals surface area contributed by atoms with Crippen LogP contribution in [-0.4, -0.2) is 41.4 Å². The Hall–Kier alpha value is 0.0569. The van der Waals surface area contributed by atoms with E-state index < -0.39 is 8.56 Å². The van der Waals surface area contributed by atoms with Crippen molar-refractivity contribution in [2.75, 3.05) is 32.8 Å². The fourth-order valence-corrected chi connectivity index (χ4v) is 5.36. The van der Waals surface area contributed by atoms with Crippen LogP contribution in [-0.2, 0) is 8.85 Å². The van der Waals surface area contributed by atoms with Crippen molar-refractivity contribution in [3.63, 3.8) is 0 Å². The summed E-state index contributed by atoms with van der Waals surface area (Å²) in [5.74, 6) is 0.575. The average molecular weight is 262 g/mol. The van der Waals surface area contributed by atoms with Gasteiger partial charge < -0.3 is 19.9 Å². The normalized spacial score (nSPS) is 13.9. The fraction of sp³-hybridized carbons (Fsp3) is 1.00. The maximum absolute atomic E-state index is 5.96. The maximum Gasteiger partial charge on any atom is 0.338 e. The van der Waals surface area contributed by atoms with Crippen LogP contribution in [0.3, 0.4) is 0 Å². The molecular formula is C12H30N2O2Si. The average Bonchev–Trinajstić information content (AvgIpc) is 2.30. The molecule has 5 heteroatoms. The predicted octanol–water partition coefficient (Wildman–Crippen LogP) is 1.71. The first-order chi connectivity index (χ1) is 8.14. The van der Waals surface area contributed by atoms with Gasteiger partial charge in [0.05, 0.1) is 0 Å².